The number of rotatable bonds is 19. The second-order valence-corrected chi connectivity index (χ2v) is 9.56. The monoisotopic (exact) mass is 453 g/mol. The van der Waals surface area contributed by atoms with Crippen LogP contribution in [-0.2, 0) is 10.1 Å². The quantitative estimate of drug-likeness (QED) is 0.130. The van der Waals surface area contributed by atoms with Gasteiger partial charge in [0.05, 0.1) is 12.8 Å². The van der Waals surface area contributed by atoms with E-state index in [-0.39, 0.29) is 4.90 Å². The highest BCUT2D eigenvalue weighted by Crippen LogP contribution is 2.31. The summed E-state index contributed by atoms with van der Waals surface area (Å²) in [6, 6.07) is 4.61. The van der Waals surface area contributed by atoms with Crippen molar-refractivity contribution in [1.29, 1.82) is 0 Å². The Morgan fingerprint density at radius 3 is 1.97 bits per heavy atom. The molecule has 0 bridgehead atoms. The van der Waals surface area contributed by atoms with Crippen LogP contribution in [0.2, 0.25) is 0 Å². The van der Waals surface area contributed by atoms with Crippen LogP contribution in [0.4, 0.5) is 5.69 Å². The Morgan fingerprint density at radius 1 is 0.871 bits per heavy atom. The van der Waals surface area contributed by atoms with Crippen molar-refractivity contribution in [2.45, 2.75) is 102 Å². The van der Waals surface area contributed by atoms with E-state index >= 15 is 0 Å². The maximum Gasteiger partial charge on any atom is 0.296 e. The molecule has 31 heavy (non-hydrogen) atoms. The van der Waals surface area contributed by atoms with E-state index in [4.69, 9.17) is 4.74 Å². The smallest absolute Gasteiger partial charge is 0.296 e. The Hall–Kier alpha value is -1.53. The summed E-state index contributed by atoms with van der Waals surface area (Å²) in [4.78, 5) is -0.142. The molecule has 0 saturated heterocycles. The summed E-state index contributed by atoms with van der Waals surface area (Å²) in [5.41, 5.74) is 0.334. The highest BCUT2D eigenvalue weighted by Gasteiger charge is 2.18. The van der Waals surface area contributed by atoms with E-state index < -0.39 is 10.1 Å². The minimum atomic E-state index is -4.29. The standard InChI is InChI=1S/C25H43NO4S/c1-3-4-5-6-7-8-9-10-11-12-13-14-15-16-17-18-22-26-25-23(30-2)20-19-21-24(25)31(27,28)29/h10-11,19-21,26H,3-9,12-18,22H2,1-2H3,(H,27,28,29)/b11-10-. The average molecular weight is 454 g/mol. The van der Waals surface area contributed by atoms with Crippen molar-refractivity contribution in [1.82, 2.24) is 0 Å². The van der Waals surface area contributed by atoms with Gasteiger partial charge in [-0.3, -0.25) is 4.55 Å². The van der Waals surface area contributed by atoms with Crippen LogP contribution < -0.4 is 10.1 Å². The highest BCUT2D eigenvalue weighted by atomic mass is 32.2. The molecule has 2 N–H and O–H groups in total. The van der Waals surface area contributed by atoms with Crippen LogP contribution in [-0.4, -0.2) is 26.6 Å². The summed E-state index contributed by atoms with van der Waals surface area (Å²) in [7, 11) is -2.80. The fourth-order valence-electron chi connectivity index (χ4n) is 3.66. The number of anilines is 1. The number of nitrogens with one attached hydrogen (secondary N) is 1. The largest absolute Gasteiger partial charge is 0.495 e. The molecule has 1 aromatic carbocycles. The molecule has 178 valence electrons. The van der Waals surface area contributed by atoms with E-state index in [0.29, 0.717) is 18.0 Å². The van der Waals surface area contributed by atoms with Gasteiger partial charge in [0, 0.05) is 6.54 Å². The molecule has 0 aliphatic rings. The first-order valence-electron chi connectivity index (χ1n) is 12.0. The maximum atomic E-state index is 11.6. The van der Waals surface area contributed by atoms with Gasteiger partial charge in [0.25, 0.3) is 10.1 Å². The third-order valence-electron chi connectivity index (χ3n) is 5.48. The highest BCUT2D eigenvalue weighted by molar-refractivity contribution is 7.86. The van der Waals surface area contributed by atoms with E-state index in [2.05, 4.69) is 24.4 Å². The molecule has 0 heterocycles. The Balaban J connectivity index is 2.06. The summed E-state index contributed by atoms with van der Waals surface area (Å²) in [6.07, 6.45) is 22.2. The van der Waals surface area contributed by atoms with Crippen molar-refractivity contribution in [3.05, 3.63) is 30.4 Å². The Morgan fingerprint density at radius 2 is 1.42 bits per heavy atom. The van der Waals surface area contributed by atoms with Gasteiger partial charge < -0.3 is 10.1 Å². The first-order valence-corrected chi connectivity index (χ1v) is 13.5. The maximum absolute atomic E-state index is 11.6. The van der Waals surface area contributed by atoms with Gasteiger partial charge in [0.1, 0.15) is 10.6 Å². The minimum absolute atomic E-state index is 0.142. The van der Waals surface area contributed by atoms with Crippen LogP contribution in [0.3, 0.4) is 0 Å². The van der Waals surface area contributed by atoms with Gasteiger partial charge in [0.2, 0.25) is 0 Å². The van der Waals surface area contributed by atoms with Crippen LogP contribution in [0.15, 0.2) is 35.2 Å². The normalized spacial score (nSPS) is 11.8. The van der Waals surface area contributed by atoms with Gasteiger partial charge in [-0.2, -0.15) is 8.42 Å². The molecule has 1 aromatic rings. The summed E-state index contributed by atoms with van der Waals surface area (Å²) in [6.45, 7) is 2.90. The molecule has 0 atom stereocenters. The number of hydrogen-bond donors (Lipinski definition) is 2. The van der Waals surface area contributed by atoms with Crippen LogP contribution in [0.5, 0.6) is 5.75 Å². The molecule has 6 heteroatoms. The molecule has 0 aromatic heterocycles. The zero-order valence-corrected chi connectivity index (χ0v) is 20.4. The van der Waals surface area contributed by atoms with Crippen LogP contribution >= 0.6 is 0 Å². The van der Waals surface area contributed by atoms with Crippen LogP contribution in [0, 0.1) is 0 Å². The second kappa shape index (κ2) is 17.1. The fraction of sp³-hybridized carbons (Fsp3) is 0.680. The van der Waals surface area contributed by atoms with Crippen molar-refractivity contribution < 1.29 is 17.7 Å². The molecule has 0 saturated carbocycles. The van der Waals surface area contributed by atoms with Gasteiger partial charge in [-0.25, -0.2) is 0 Å². The van der Waals surface area contributed by atoms with Gasteiger partial charge in [-0.15, -0.1) is 0 Å². The Kier molecular flexibility index (Phi) is 15.2. The van der Waals surface area contributed by atoms with Gasteiger partial charge in [0.15, 0.2) is 0 Å². The SMILES string of the molecule is CCCCCCCC/C=C\CCCCCCCCNc1c(OC)cccc1S(=O)(=O)O. The third kappa shape index (κ3) is 12.8. The summed E-state index contributed by atoms with van der Waals surface area (Å²) < 4.78 is 37.7. The van der Waals surface area contributed by atoms with Crippen molar-refractivity contribution in [3.63, 3.8) is 0 Å². The number of allylic oxidation sites excluding steroid dienone is 2. The van der Waals surface area contributed by atoms with Crippen molar-refractivity contribution >= 4 is 15.8 Å². The molecule has 0 fully saturated rings. The Bertz CT molecular complexity index is 716. The number of benzene rings is 1. The van der Waals surface area contributed by atoms with Gasteiger partial charge in [-0.1, -0.05) is 82.9 Å². The predicted molar refractivity (Wildman–Crippen MR) is 131 cm³/mol. The van der Waals surface area contributed by atoms with E-state index in [0.717, 1.165) is 12.8 Å². The molecule has 0 spiro atoms. The number of para-hydroxylation sites is 1. The molecule has 5 nitrogen and oxygen atoms in total. The lowest BCUT2D eigenvalue weighted by Crippen LogP contribution is -2.09. The van der Waals surface area contributed by atoms with Crippen LogP contribution in [0.25, 0.3) is 0 Å². The minimum Gasteiger partial charge on any atom is -0.495 e. The topological polar surface area (TPSA) is 75.6 Å². The van der Waals surface area contributed by atoms with Crippen molar-refractivity contribution in [3.8, 4) is 5.75 Å². The molecule has 1 rings (SSSR count). The number of unbranched alkanes of at least 4 members (excludes halogenated alkanes) is 12. The molecule has 0 aliphatic heterocycles. The molecule has 0 amide bonds. The van der Waals surface area contributed by atoms with Crippen molar-refractivity contribution in [2.75, 3.05) is 19.0 Å². The first kappa shape index (κ1) is 27.5. The molecule has 0 radical (unpaired) electrons. The summed E-state index contributed by atoms with van der Waals surface area (Å²) >= 11 is 0. The summed E-state index contributed by atoms with van der Waals surface area (Å²) in [5, 5.41) is 3.12. The fourth-order valence-corrected chi connectivity index (χ4v) is 4.34. The van der Waals surface area contributed by atoms with E-state index in [1.165, 1.54) is 90.2 Å². The lowest BCUT2D eigenvalue weighted by molar-refractivity contribution is 0.414. The van der Waals surface area contributed by atoms with E-state index in [1.807, 2.05) is 0 Å². The molecule has 0 aliphatic carbocycles. The van der Waals surface area contributed by atoms with Crippen molar-refractivity contribution in [2.24, 2.45) is 0 Å². The zero-order chi connectivity index (χ0) is 22.8. The lowest BCUT2D eigenvalue weighted by Gasteiger charge is -2.14. The predicted octanol–water partition coefficient (Wildman–Crippen LogP) is 7.39. The van der Waals surface area contributed by atoms with Gasteiger partial charge in [-0.05, 0) is 44.2 Å². The third-order valence-corrected chi connectivity index (χ3v) is 6.37. The van der Waals surface area contributed by atoms with Gasteiger partial charge >= 0.3 is 0 Å². The molecular formula is C25H43NO4S. The lowest BCUT2D eigenvalue weighted by atomic mass is 10.1. The molecular weight excluding hydrogens is 410 g/mol. The zero-order valence-electron chi connectivity index (χ0n) is 19.6. The number of hydrogen-bond acceptors (Lipinski definition) is 4. The van der Waals surface area contributed by atoms with Crippen LogP contribution in [0.1, 0.15) is 96.8 Å². The number of ether oxygens (including phenoxy) is 1. The van der Waals surface area contributed by atoms with E-state index in [9.17, 15) is 13.0 Å². The Labute approximate surface area is 190 Å². The molecule has 0 unspecified atom stereocenters. The van der Waals surface area contributed by atoms with E-state index in [1.54, 1.807) is 12.1 Å². The second-order valence-electron chi connectivity index (χ2n) is 8.17. The summed E-state index contributed by atoms with van der Waals surface area (Å²) in [5.74, 6) is 0.416. The number of methoxy groups -OCH3 is 1. The average Bonchev–Trinajstić information content (AvgIpc) is 2.75. The first-order chi connectivity index (χ1) is 15.0.